The standard InChI is InChI=1S/C13H14FN3/c1-10(12-3-2-4-15-8-12)17-7-11-5-13(14)9-16-6-11/h2-6,8-10,17H,7H2,1H3/t10-/m0/s1. The highest BCUT2D eigenvalue weighted by molar-refractivity contribution is 5.14. The Labute approximate surface area is 99.7 Å². The fourth-order valence-electron chi connectivity index (χ4n) is 1.57. The van der Waals surface area contributed by atoms with Crippen molar-refractivity contribution in [2.75, 3.05) is 0 Å². The molecule has 0 aliphatic rings. The molecule has 0 aliphatic carbocycles. The van der Waals surface area contributed by atoms with Gasteiger partial charge in [-0.05, 0) is 30.2 Å². The predicted octanol–water partition coefficient (Wildman–Crippen LogP) is 2.47. The summed E-state index contributed by atoms with van der Waals surface area (Å²) in [5, 5.41) is 3.30. The topological polar surface area (TPSA) is 37.8 Å². The van der Waals surface area contributed by atoms with Crippen LogP contribution in [0.15, 0.2) is 43.0 Å². The van der Waals surface area contributed by atoms with Crippen molar-refractivity contribution in [2.45, 2.75) is 19.5 Å². The van der Waals surface area contributed by atoms with E-state index in [0.717, 1.165) is 11.1 Å². The summed E-state index contributed by atoms with van der Waals surface area (Å²) >= 11 is 0. The largest absolute Gasteiger partial charge is 0.306 e. The third-order valence-corrected chi connectivity index (χ3v) is 2.56. The van der Waals surface area contributed by atoms with Crippen LogP contribution >= 0.6 is 0 Å². The average molecular weight is 231 g/mol. The Kier molecular flexibility index (Phi) is 3.77. The quantitative estimate of drug-likeness (QED) is 0.878. The molecule has 2 rings (SSSR count). The van der Waals surface area contributed by atoms with Crippen LogP contribution in [-0.4, -0.2) is 9.97 Å². The van der Waals surface area contributed by atoms with E-state index >= 15 is 0 Å². The zero-order valence-corrected chi connectivity index (χ0v) is 9.60. The van der Waals surface area contributed by atoms with Gasteiger partial charge in [0, 0.05) is 31.2 Å². The SMILES string of the molecule is C[C@H](NCc1cncc(F)c1)c1cccnc1. The molecule has 17 heavy (non-hydrogen) atoms. The van der Waals surface area contributed by atoms with Crippen LogP contribution in [0.1, 0.15) is 24.1 Å². The molecule has 4 heteroatoms. The molecule has 1 atom stereocenters. The van der Waals surface area contributed by atoms with Gasteiger partial charge in [0.2, 0.25) is 0 Å². The normalized spacial score (nSPS) is 12.4. The molecular weight excluding hydrogens is 217 g/mol. The number of hydrogen-bond donors (Lipinski definition) is 1. The van der Waals surface area contributed by atoms with Gasteiger partial charge in [-0.2, -0.15) is 0 Å². The van der Waals surface area contributed by atoms with Gasteiger partial charge in [0.15, 0.2) is 0 Å². The Morgan fingerprint density at radius 3 is 2.88 bits per heavy atom. The average Bonchev–Trinajstić information content (AvgIpc) is 2.37. The van der Waals surface area contributed by atoms with E-state index in [2.05, 4.69) is 15.3 Å². The van der Waals surface area contributed by atoms with Gasteiger partial charge < -0.3 is 5.32 Å². The molecule has 2 aromatic heterocycles. The molecule has 0 spiro atoms. The van der Waals surface area contributed by atoms with E-state index in [4.69, 9.17) is 0 Å². The Balaban J connectivity index is 1.95. The van der Waals surface area contributed by atoms with Gasteiger partial charge >= 0.3 is 0 Å². The summed E-state index contributed by atoms with van der Waals surface area (Å²) < 4.78 is 12.9. The van der Waals surface area contributed by atoms with E-state index in [1.165, 1.54) is 12.3 Å². The third-order valence-electron chi connectivity index (χ3n) is 2.56. The molecule has 0 amide bonds. The molecule has 0 aliphatic heterocycles. The lowest BCUT2D eigenvalue weighted by atomic mass is 10.1. The number of nitrogens with one attached hydrogen (secondary N) is 1. The van der Waals surface area contributed by atoms with Crippen LogP contribution in [0.2, 0.25) is 0 Å². The number of rotatable bonds is 4. The maximum absolute atomic E-state index is 12.9. The second kappa shape index (κ2) is 5.50. The lowest BCUT2D eigenvalue weighted by Gasteiger charge is -2.13. The summed E-state index contributed by atoms with van der Waals surface area (Å²) in [7, 11) is 0. The van der Waals surface area contributed by atoms with Gasteiger partial charge in [0.1, 0.15) is 5.82 Å². The van der Waals surface area contributed by atoms with Crippen LogP contribution in [0.3, 0.4) is 0 Å². The number of hydrogen-bond acceptors (Lipinski definition) is 3. The van der Waals surface area contributed by atoms with Crippen molar-refractivity contribution < 1.29 is 4.39 Å². The summed E-state index contributed by atoms with van der Waals surface area (Å²) in [6, 6.07) is 5.56. The Bertz CT molecular complexity index is 473. The number of halogens is 1. The van der Waals surface area contributed by atoms with E-state index in [-0.39, 0.29) is 11.9 Å². The molecule has 0 saturated carbocycles. The lowest BCUT2D eigenvalue weighted by molar-refractivity contribution is 0.565. The summed E-state index contributed by atoms with van der Waals surface area (Å²) in [5.41, 5.74) is 1.94. The first-order valence-electron chi connectivity index (χ1n) is 5.48. The Morgan fingerprint density at radius 2 is 2.18 bits per heavy atom. The van der Waals surface area contributed by atoms with E-state index in [0.29, 0.717) is 6.54 Å². The highest BCUT2D eigenvalue weighted by Crippen LogP contribution is 2.11. The van der Waals surface area contributed by atoms with Gasteiger partial charge in [-0.15, -0.1) is 0 Å². The number of aromatic nitrogens is 2. The van der Waals surface area contributed by atoms with E-state index in [1.54, 1.807) is 12.4 Å². The van der Waals surface area contributed by atoms with Crippen LogP contribution in [0.25, 0.3) is 0 Å². The summed E-state index contributed by atoms with van der Waals surface area (Å²) in [6.07, 6.45) is 6.42. The number of pyridine rings is 2. The van der Waals surface area contributed by atoms with Gasteiger partial charge in [-0.25, -0.2) is 4.39 Å². The van der Waals surface area contributed by atoms with Crippen LogP contribution in [0.5, 0.6) is 0 Å². The zero-order chi connectivity index (χ0) is 12.1. The molecule has 3 nitrogen and oxygen atoms in total. The maximum Gasteiger partial charge on any atom is 0.141 e. The summed E-state index contributed by atoms with van der Waals surface area (Å²) in [5.74, 6) is -0.307. The molecule has 2 heterocycles. The molecule has 0 saturated heterocycles. The van der Waals surface area contributed by atoms with Crippen molar-refractivity contribution in [1.82, 2.24) is 15.3 Å². The first kappa shape index (κ1) is 11.7. The molecule has 0 fully saturated rings. The van der Waals surface area contributed by atoms with Crippen LogP contribution < -0.4 is 5.32 Å². The fraction of sp³-hybridized carbons (Fsp3) is 0.231. The van der Waals surface area contributed by atoms with Gasteiger partial charge in [-0.3, -0.25) is 9.97 Å². The molecular formula is C13H14FN3. The smallest absolute Gasteiger partial charge is 0.141 e. The van der Waals surface area contributed by atoms with Crippen molar-refractivity contribution in [3.05, 3.63) is 59.9 Å². The van der Waals surface area contributed by atoms with Crippen LogP contribution in [0, 0.1) is 5.82 Å². The van der Waals surface area contributed by atoms with Gasteiger partial charge in [0.05, 0.1) is 6.20 Å². The fourth-order valence-corrected chi connectivity index (χ4v) is 1.57. The van der Waals surface area contributed by atoms with Crippen LogP contribution in [-0.2, 0) is 6.54 Å². The van der Waals surface area contributed by atoms with Crippen LogP contribution in [0.4, 0.5) is 4.39 Å². The molecule has 0 radical (unpaired) electrons. The maximum atomic E-state index is 12.9. The summed E-state index contributed by atoms with van der Waals surface area (Å²) in [6.45, 7) is 2.63. The third kappa shape index (κ3) is 3.32. The van der Waals surface area contributed by atoms with E-state index in [9.17, 15) is 4.39 Å². The van der Waals surface area contributed by atoms with Gasteiger partial charge in [-0.1, -0.05) is 6.07 Å². The van der Waals surface area contributed by atoms with Gasteiger partial charge in [0.25, 0.3) is 0 Å². The molecule has 0 unspecified atom stereocenters. The highest BCUT2D eigenvalue weighted by atomic mass is 19.1. The van der Waals surface area contributed by atoms with Crippen molar-refractivity contribution >= 4 is 0 Å². The predicted molar refractivity (Wildman–Crippen MR) is 63.7 cm³/mol. The molecule has 1 N–H and O–H groups in total. The second-order valence-electron chi connectivity index (χ2n) is 3.90. The minimum absolute atomic E-state index is 0.173. The number of nitrogens with zero attached hydrogens (tertiary/aromatic N) is 2. The lowest BCUT2D eigenvalue weighted by Crippen LogP contribution is -2.18. The molecule has 88 valence electrons. The highest BCUT2D eigenvalue weighted by Gasteiger charge is 2.04. The first-order valence-corrected chi connectivity index (χ1v) is 5.48. The minimum Gasteiger partial charge on any atom is -0.306 e. The molecule has 2 aromatic rings. The van der Waals surface area contributed by atoms with Crippen molar-refractivity contribution in [2.24, 2.45) is 0 Å². The first-order chi connectivity index (χ1) is 8.25. The summed E-state index contributed by atoms with van der Waals surface area (Å²) in [4.78, 5) is 7.87. The molecule has 0 aromatic carbocycles. The van der Waals surface area contributed by atoms with E-state index in [1.807, 2.05) is 25.3 Å². The second-order valence-corrected chi connectivity index (χ2v) is 3.90. The zero-order valence-electron chi connectivity index (χ0n) is 9.60. The van der Waals surface area contributed by atoms with Crippen molar-refractivity contribution in [3.63, 3.8) is 0 Å². The van der Waals surface area contributed by atoms with E-state index < -0.39 is 0 Å². The molecule has 0 bridgehead atoms. The monoisotopic (exact) mass is 231 g/mol. The van der Waals surface area contributed by atoms with Crippen molar-refractivity contribution in [3.8, 4) is 0 Å². The Hall–Kier alpha value is -1.81. The Morgan fingerprint density at radius 1 is 1.29 bits per heavy atom. The van der Waals surface area contributed by atoms with Crippen molar-refractivity contribution in [1.29, 1.82) is 0 Å². The minimum atomic E-state index is -0.307.